The molecule has 0 heterocycles. The van der Waals surface area contributed by atoms with Crippen LogP contribution in [0.2, 0.25) is 0 Å². The van der Waals surface area contributed by atoms with Crippen LogP contribution in [-0.2, 0) is 14.3 Å². The Labute approximate surface area is 147 Å². The van der Waals surface area contributed by atoms with Crippen molar-refractivity contribution in [2.24, 2.45) is 5.41 Å². The molecular weight excluding hydrogens is 324 g/mol. The Balaban J connectivity index is 2.60. The number of hydrogen-bond donors (Lipinski definition) is 0. The minimum absolute atomic E-state index is 0.0122. The first-order valence-electron chi connectivity index (χ1n) is 7.90. The van der Waals surface area contributed by atoms with Gasteiger partial charge in [0.2, 0.25) is 5.75 Å². The summed E-state index contributed by atoms with van der Waals surface area (Å²) < 4.78 is 26.9. The maximum atomic E-state index is 12.5. The zero-order chi connectivity index (χ0) is 18.4. The molecule has 2 aromatic rings. The van der Waals surface area contributed by atoms with E-state index in [1.54, 1.807) is 20.8 Å². The van der Waals surface area contributed by atoms with E-state index in [1.165, 1.54) is 14.2 Å². The summed E-state index contributed by atoms with van der Waals surface area (Å²) in [6.07, 6.45) is 0. The van der Waals surface area contributed by atoms with E-state index < -0.39 is 5.41 Å². The summed E-state index contributed by atoms with van der Waals surface area (Å²) in [4.78, 5) is 12.5. The van der Waals surface area contributed by atoms with Gasteiger partial charge in [0.1, 0.15) is 0 Å². The van der Waals surface area contributed by atoms with Gasteiger partial charge in [-0.2, -0.15) is 0 Å². The predicted octanol–water partition coefficient (Wildman–Crippen LogP) is 3.76. The fraction of sp³-hybridized carbons (Fsp3) is 0.421. The van der Waals surface area contributed by atoms with Crippen molar-refractivity contribution < 1.29 is 28.5 Å². The first-order chi connectivity index (χ1) is 11.9. The van der Waals surface area contributed by atoms with Crippen molar-refractivity contribution in [3.8, 4) is 17.2 Å². The zero-order valence-corrected chi connectivity index (χ0v) is 15.3. The standard InChI is InChI=1S/C19H24O6/c1-19(2,3)18(20)25-16-14-9-7-6-8-13(14)10-15(23-11-21-4)17(16)24-12-22-5/h6-10H,11-12H2,1-5H3. The van der Waals surface area contributed by atoms with Crippen molar-refractivity contribution in [1.29, 1.82) is 0 Å². The van der Waals surface area contributed by atoms with Gasteiger partial charge in [0.15, 0.2) is 25.1 Å². The number of methoxy groups -OCH3 is 2. The van der Waals surface area contributed by atoms with Gasteiger partial charge in [0.05, 0.1) is 5.41 Å². The highest BCUT2D eigenvalue weighted by Gasteiger charge is 2.27. The highest BCUT2D eigenvalue weighted by Crippen LogP contribution is 2.44. The van der Waals surface area contributed by atoms with Crippen LogP contribution in [0.4, 0.5) is 0 Å². The number of ether oxygens (including phenoxy) is 5. The summed E-state index contributed by atoms with van der Waals surface area (Å²) >= 11 is 0. The summed E-state index contributed by atoms with van der Waals surface area (Å²) in [5, 5.41) is 1.60. The van der Waals surface area contributed by atoms with Crippen molar-refractivity contribution in [1.82, 2.24) is 0 Å². The normalized spacial score (nSPS) is 11.4. The fourth-order valence-electron chi connectivity index (χ4n) is 2.10. The number of esters is 1. The number of carbonyl (C=O) groups is 1. The lowest BCUT2D eigenvalue weighted by Crippen LogP contribution is -2.26. The molecule has 0 N–H and O–H groups in total. The molecule has 2 aromatic carbocycles. The fourth-order valence-corrected chi connectivity index (χ4v) is 2.10. The van der Waals surface area contributed by atoms with Gasteiger partial charge in [0, 0.05) is 19.6 Å². The highest BCUT2D eigenvalue weighted by molar-refractivity contribution is 5.95. The van der Waals surface area contributed by atoms with Crippen LogP contribution in [0.5, 0.6) is 17.2 Å². The summed E-state index contributed by atoms with van der Waals surface area (Å²) in [5.41, 5.74) is -0.664. The summed E-state index contributed by atoms with van der Waals surface area (Å²) in [7, 11) is 3.04. The molecular formula is C19H24O6. The molecule has 0 amide bonds. The Hall–Kier alpha value is -2.31. The van der Waals surface area contributed by atoms with E-state index in [4.69, 9.17) is 23.7 Å². The second-order valence-electron chi connectivity index (χ2n) is 6.50. The first kappa shape index (κ1) is 19.0. The van der Waals surface area contributed by atoms with Gasteiger partial charge in [-0.25, -0.2) is 0 Å². The van der Waals surface area contributed by atoms with Crippen LogP contribution in [0.3, 0.4) is 0 Å². The van der Waals surface area contributed by atoms with Gasteiger partial charge in [-0.1, -0.05) is 24.3 Å². The molecule has 136 valence electrons. The van der Waals surface area contributed by atoms with Gasteiger partial charge in [0.25, 0.3) is 0 Å². The van der Waals surface area contributed by atoms with E-state index in [1.807, 2.05) is 30.3 Å². The summed E-state index contributed by atoms with van der Waals surface area (Å²) in [6, 6.07) is 9.34. The quantitative estimate of drug-likeness (QED) is 0.431. The van der Waals surface area contributed by atoms with E-state index >= 15 is 0 Å². The third-order valence-electron chi connectivity index (χ3n) is 3.38. The third-order valence-corrected chi connectivity index (χ3v) is 3.38. The van der Waals surface area contributed by atoms with Crippen LogP contribution >= 0.6 is 0 Å². The molecule has 0 saturated carbocycles. The van der Waals surface area contributed by atoms with Crippen LogP contribution in [0, 0.1) is 5.41 Å². The minimum Gasteiger partial charge on any atom is -0.463 e. The van der Waals surface area contributed by atoms with Crippen molar-refractivity contribution in [2.75, 3.05) is 27.8 Å². The number of fused-ring (bicyclic) bond motifs is 1. The highest BCUT2D eigenvalue weighted by atomic mass is 16.7. The number of hydrogen-bond acceptors (Lipinski definition) is 6. The van der Waals surface area contributed by atoms with Crippen LogP contribution in [0.1, 0.15) is 20.8 Å². The maximum absolute atomic E-state index is 12.5. The monoisotopic (exact) mass is 348 g/mol. The van der Waals surface area contributed by atoms with E-state index in [0.29, 0.717) is 17.2 Å². The number of rotatable bonds is 7. The van der Waals surface area contributed by atoms with E-state index in [2.05, 4.69) is 0 Å². The second kappa shape index (κ2) is 8.18. The summed E-state index contributed by atoms with van der Waals surface area (Å²) in [5.74, 6) is 0.648. The van der Waals surface area contributed by atoms with Crippen molar-refractivity contribution in [3.05, 3.63) is 30.3 Å². The lowest BCUT2D eigenvalue weighted by atomic mass is 9.97. The first-order valence-corrected chi connectivity index (χ1v) is 7.90. The van der Waals surface area contributed by atoms with Crippen LogP contribution in [-0.4, -0.2) is 33.8 Å². The lowest BCUT2D eigenvalue weighted by molar-refractivity contribution is -0.143. The van der Waals surface area contributed by atoms with Crippen LogP contribution in [0.15, 0.2) is 30.3 Å². The van der Waals surface area contributed by atoms with E-state index in [0.717, 1.165) is 10.8 Å². The molecule has 0 aliphatic heterocycles. The molecule has 0 atom stereocenters. The Kier molecular flexibility index (Phi) is 6.22. The minimum atomic E-state index is -0.664. The summed E-state index contributed by atoms with van der Waals surface area (Å²) in [6.45, 7) is 5.39. The Bertz CT molecular complexity index is 733. The van der Waals surface area contributed by atoms with Crippen molar-refractivity contribution in [3.63, 3.8) is 0 Å². The van der Waals surface area contributed by atoms with Crippen molar-refractivity contribution >= 4 is 16.7 Å². The van der Waals surface area contributed by atoms with Gasteiger partial charge in [-0.05, 0) is 32.2 Å². The second-order valence-corrected chi connectivity index (χ2v) is 6.50. The number of carbonyl (C=O) groups excluding carboxylic acids is 1. The lowest BCUT2D eigenvalue weighted by Gasteiger charge is -2.21. The molecule has 6 heteroatoms. The number of benzene rings is 2. The van der Waals surface area contributed by atoms with Crippen LogP contribution < -0.4 is 14.2 Å². The molecule has 0 aromatic heterocycles. The Morgan fingerprint density at radius 2 is 1.60 bits per heavy atom. The molecule has 0 aliphatic rings. The molecule has 6 nitrogen and oxygen atoms in total. The van der Waals surface area contributed by atoms with E-state index in [9.17, 15) is 4.79 Å². The molecule has 0 spiro atoms. The van der Waals surface area contributed by atoms with Gasteiger partial charge in [-0.15, -0.1) is 0 Å². The molecule has 25 heavy (non-hydrogen) atoms. The van der Waals surface area contributed by atoms with Gasteiger partial charge < -0.3 is 23.7 Å². The molecule has 0 unspecified atom stereocenters. The molecule has 0 radical (unpaired) electrons. The molecule has 0 aliphatic carbocycles. The van der Waals surface area contributed by atoms with Gasteiger partial charge in [-0.3, -0.25) is 4.79 Å². The van der Waals surface area contributed by atoms with E-state index in [-0.39, 0.29) is 19.6 Å². The average molecular weight is 348 g/mol. The average Bonchev–Trinajstić information content (AvgIpc) is 2.58. The largest absolute Gasteiger partial charge is 0.463 e. The molecule has 0 bridgehead atoms. The van der Waals surface area contributed by atoms with Crippen LogP contribution in [0.25, 0.3) is 10.8 Å². The van der Waals surface area contributed by atoms with Crippen molar-refractivity contribution in [2.45, 2.75) is 20.8 Å². The Morgan fingerprint density at radius 3 is 2.24 bits per heavy atom. The predicted molar refractivity (Wildman–Crippen MR) is 94.0 cm³/mol. The zero-order valence-electron chi connectivity index (χ0n) is 15.3. The SMILES string of the molecule is COCOc1cc2ccccc2c(OC(=O)C(C)(C)C)c1OCOC. The molecule has 2 rings (SSSR count). The Morgan fingerprint density at radius 1 is 0.960 bits per heavy atom. The smallest absolute Gasteiger partial charge is 0.316 e. The molecule has 0 fully saturated rings. The van der Waals surface area contributed by atoms with Gasteiger partial charge >= 0.3 is 5.97 Å². The maximum Gasteiger partial charge on any atom is 0.316 e. The topological polar surface area (TPSA) is 63.2 Å². The molecule has 0 saturated heterocycles. The third kappa shape index (κ3) is 4.61.